The molecule has 3 aromatic rings. The highest BCUT2D eigenvalue weighted by Crippen LogP contribution is 2.32. The van der Waals surface area contributed by atoms with Crippen LogP contribution in [0.4, 0.5) is 0 Å². The van der Waals surface area contributed by atoms with Crippen molar-refractivity contribution in [3.63, 3.8) is 0 Å². The van der Waals surface area contributed by atoms with E-state index in [1.807, 2.05) is 18.2 Å². The summed E-state index contributed by atoms with van der Waals surface area (Å²) in [6.45, 7) is 5.99. The van der Waals surface area contributed by atoms with Crippen LogP contribution in [0.1, 0.15) is 22.3 Å². The molecule has 3 rings (SSSR count). The van der Waals surface area contributed by atoms with Gasteiger partial charge in [0, 0.05) is 11.1 Å². The molecule has 0 heterocycles. The van der Waals surface area contributed by atoms with E-state index in [9.17, 15) is 0 Å². The first-order valence-corrected chi connectivity index (χ1v) is 8.89. The maximum absolute atomic E-state index is 5.54. The lowest BCUT2D eigenvalue weighted by atomic mass is 9.96. The molecule has 0 aromatic heterocycles. The summed E-state index contributed by atoms with van der Waals surface area (Å²) in [6.07, 6.45) is 5.94. The average molecular weight is 356 g/mol. The molecule has 0 aliphatic heterocycles. The second-order valence-electron chi connectivity index (χ2n) is 6.26. The fraction of sp³-hybridized carbons (Fsp3) is 0.120. The Morgan fingerprint density at radius 1 is 0.741 bits per heavy atom. The molecule has 0 fully saturated rings. The van der Waals surface area contributed by atoms with Crippen molar-refractivity contribution in [2.75, 3.05) is 14.2 Å². The third-order valence-corrected chi connectivity index (χ3v) is 4.70. The largest absolute Gasteiger partial charge is 0.496 e. The van der Waals surface area contributed by atoms with Crippen molar-refractivity contribution in [2.24, 2.45) is 0 Å². The second kappa shape index (κ2) is 8.41. The summed E-state index contributed by atoms with van der Waals surface area (Å²) in [4.78, 5) is 0. The van der Waals surface area contributed by atoms with Crippen LogP contribution in [0.5, 0.6) is 11.5 Å². The summed E-state index contributed by atoms with van der Waals surface area (Å²) >= 11 is 0. The van der Waals surface area contributed by atoms with Crippen molar-refractivity contribution in [3.05, 3.63) is 89.5 Å². The molecule has 3 aromatic carbocycles. The van der Waals surface area contributed by atoms with E-state index in [0.717, 1.165) is 22.6 Å². The Morgan fingerprint density at radius 2 is 1.37 bits per heavy atom. The summed E-state index contributed by atoms with van der Waals surface area (Å²) in [5, 5.41) is 0. The van der Waals surface area contributed by atoms with Gasteiger partial charge in [0.1, 0.15) is 11.5 Å². The highest BCUT2D eigenvalue weighted by molar-refractivity contribution is 5.79. The SMILES string of the molecule is C=Cc1cc(OC)c(/C=C/c2cccc(-c3ccccc3)c2C)cc1OC. The molecule has 0 spiro atoms. The van der Waals surface area contributed by atoms with Crippen molar-refractivity contribution in [2.45, 2.75) is 6.92 Å². The van der Waals surface area contributed by atoms with Gasteiger partial charge in [-0.05, 0) is 41.3 Å². The smallest absolute Gasteiger partial charge is 0.126 e. The van der Waals surface area contributed by atoms with Crippen LogP contribution in [0, 0.1) is 6.92 Å². The van der Waals surface area contributed by atoms with E-state index in [-0.39, 0.29) is 0 Å². The fourth-order valence-corrected chi connectivity index (χ4v) is 3.18. The molecule has 136 valence electrons. The van der Waals surface area contributed by atoms with E-state index in [4.69, 9.17) is 9.47 Å². The van der Waals surface area contributed by atoms with Gasteiger partial charge in [0.2, 0.25) is 0 Å². The van der Waals surface area contributed by atoms with E-state index < -0.39 is 0 Å². The fourth-order valence-electron chi connectivity index (χ4n) is 3.18. The molecule has 0 bridgehead atoms. The molecule has 0 radical (unpaired) electrons. The molecule has 0 saturated carbocycles. The number of benzene rings is 3. The number of methoxy groups -OCH3 is 2. The average Bonchev–Trinajstić information content (AvgIpc) is 2.73. The lowest BCUT2D eigenvalue weighted by Crippen LogP contribution is -1.93. The predicted octanol–water partition coefficient (Wildman–Crippen LogP) is 6.49. The monoisotopic (exact) mass is 356 g/mol. The highest BCUT2D eigenvalue weighted by atomic mass is 16.5. The molecular formula is C25H24O2. The lowest BCUT2D eigenvalue weighted by Gasteiger charge is -2.12. The van der Waals surface area contributed by atoms with Crippen molar-refractivity contribution >= 4 is 18.2 Å². The van der Waals surface area contributed by atoms with Crippen molar-refractivity contribution in [1.29, 1.82) is 0 Å². The summed E-state index contributed by atoms with van der Waals surface area (Å²) in [7, 11) is 3.34. The Hall–Kier alpha value is -3.26. The Bertz CT molecular complexity index is 969. The van der Waals surface area contributed by atoms with Crippen LogP contribution in [0.3, 0.4) is 0 Å². The van der Waals surface area contributed by atoms with Crippen LogP contribution in [0.15, 0.2) is 67.2 Å². The number of hydrogen-bond donors (Lipinski definition) is 0. The quantitative estimate of drug-likeness (QED) is 0.470. The Kier molecular flexibility index (Phi) is 5.77. The first-order valence-electron chi connectivity index (χ1n) is 8.89. The van der Waals surface area contributed by atoms with E-state index in [1.165, 1.54) is 22.3 Å². The highest BCUT2D eigenvalue weighted by Gasteiger charge is 2.08. The van der Waals surface area contributed by atoms with Gasteiger partial charge < -0.3 is 9.47 Å². The van der Waals surface area contributed by atoms with Gasteiger partial charge in [-0.1, -0.05) is 73.3 Å². The number of hydrogen-bond acceptors (Lipinski definition) is 2. The number of rotatable bonds is 6. The molecule has 0 amide bonds. The van der Waals surface area contributed by atoms with Gasteiger partial charge in [0.05, 0.1) is 14.2 Å². The second-order valence-corrected chi connectivity index (χ2v) is 6.26. The molecule has 0 saturated heterocycles. The minimum absolute atomic E-state index is 0.778. The summed E-state index contributed by atoms with van der Waals surface area (Å²) in [6, 6.07) is 20.7. The minimum Gasteiger partial charge on any atom is -0.496 e. The van der Waals surface area contributed by atoms with Gasteiger partial charge >= 0.3 is 0 Å². The topological polar surface area (TPSA) is 18.5 Å². The summed E-state index contributed by atoms with van der Waals surface area (Å²) < 4.78 is 11.0. The van der Waals surface area contributed by atoms with Gasteiger partial charge in [-0.3, -0.25) is 0 Å². The molecule has 0 unspecified atom stereocenters. The first kappa shape index (κ1) is 18.5. The molecule has 0 aliphatic rings. The van der Waals surface area contributed by atoms with Crippen molar-refractivity contribution in [1.82, 2.24) is 0 Å². The number of ether oxygens (including phenoxy) is 2. The Morgan fingerprint density at radius 3 is 2.04 bits per heavy atom. The minimum atomic E-state index is 0.778. The zero-order chi connectivity index (χ0) is 19.2. The Balaban J connectivity index is 2.01. The van der Waals surface area contributed by atoms with Crippen molar-refractivity contribution < 1.29 is 9.47 Å². The maximum Gasteiger partial charge on any atom is 0.126 e. The Labute approximate surface area is 161 Å². The van der Waals surface area contributed by atoms with E-state index in [2.05, 4.69) is 68.1 Å². The normalized spacial score (nSPS) is 10.8. The standard InChI is InChI=1S/C25H24O2/c1-5-19-16-25(27-4)22(17-24(19)26-3)15-14-20-12-9-13-23(18(20)2)21-10-7-6-8-11-21/h5-17H,1H2,2-4H3/b15-14+. The zero-order valence-corrected chi connectivity index (χ0v) is 16.0. The predicted molar refractivity (Wildman–Crippen MR) is 115 cm³/mol. The summed E-state index contributed by atoms with van der Waals surface area (Å²) in [5.74, 6) is 1.57. The molecule has 0 atom stereocenters. The maximum atomic E-state index is 5.54. The van der Waals surface area contributed by atoms with Crippen LogP contribution < -0.4 is 9.47 Å². The van der Waals surface area contributed by atoms with E-state index >= 15 is 0 Å². The molecule has 2 nitrogen and oxygen atoms in total. The van der Waals surface area contributed by atoms with E-state index in [0.29, 0.717) is 0 Å². The first-order chi connectivity index (χ1) is 13.2. The van der Waals surface area contributed by atoms with Gasteiger partial charge in [-0.2, -0.15) is 0 Å². The molecule has 2 heteroatoms. The van der Waals surface area contributed by atoms with Gasteiger partial charge in [-0.15, -0.1) is 0 Å². The van der Waals surface area contributed by atoms with Crippen LogP contribution in [-0.2, 0) is 0 Å². The van der Waals surface area contributed by atoms with E-state index in [1.54, 1.807) is 20.3 Å². The van der Waals surface area contributed by atoms with Gasteiger partial charge in [0.15, 0.2) is 0 Å². The van der Waals surface area contributed by atoms with Crippen LogP contribution >= 0.6 is 0 Å². The molecule has 27 heavy (non-hydrogen) atoms. The van der Waals surface area contributed by atoms with Crippen LogP contribution in [0.25, 0.3) is 29.4 Å². The van der Waals surface area contributed by atoms with Crippen molar-refractivity contribution in [3.8, 4) is 22.6 Å². The molecular weight excluding hydrogens is 332 g/mol. The third-order valence-electron chi connectivity index (χ3n) is 4.70. The van der Waals surface area contributed by atoms with Crippen LogP contribution in [-0.4, -0.2) is 14.2 Å². The van der Waals surface area contributed by atoms with Gasteiger partial charge in [0.25, 0.3) is 0 Å². The molecule has 0 N–H and O–H groups in total. The summed E-state index contributed by atoms with van der Waals surface area (Å²) in [5.41, 5.74) is 6.75. The third kappa shape index (κ3) is 3.95. The molecule has 0 aliphatic carbocycles. The van der Waals surface area contributed by atoms with Gasteiger partial charge in [-0.25, -0.2) is 0 Å². The van der Waals surface area contributed by atoms with Crippen LogP contribution in [0.2, 0.25) is 0 Å². The zero-order valence-electron chi connectivity index (χ0n) is 16.0. The lowest BCUT2D eigenvalue weighted by molar-refractivity contribution is 0.401.